The van der Waals surface area contributed by atoms with Crippen LogP contribution >= 0.6 is 23.2 Å². The molecule has 5 nitrogen and oxygen atoms in total. The van der Waals surface area contributed by atoms with Gasteiger partial charge in [-0.2, -0.15) is 5.10 Å². The molecule has 20 heavy (non-hydrogen) atoms. The summed E-state index contributed by atoms with van der Waals surface area (Å²) in [5.41, 5.74) is -0.530. The lowest BCUT2D eigenvalue weighted by Gasteiger charge is -2.35. The van der Waals surface area contributed by atoms with E-state index in [0.29, 0.717) is 0 Å². The number of piperidine rings is 1. The highest BCUT2D eigenvalue weighted by molar-refractivity contribution is 6.41. The van der Waals surface area contributed by atoms with Crippen molar-refractivity contribution in [2.24, 2.45) is 0 Å². The molecule has 0 aromatic carbocycles. The highest BCUT2D eigenvalue weighted by atomic mass is 35.5. The second kappa shape index (κ2) is 6.59. The molecular formula is C13H17Cl2N3O2. The van der Waals surface area contributed by atoms with Crippen LogP contribution in [-0.4, -0.2) is 33.2 Å². The molecule has 0 saturated carbocycles. The number of hydrogen-bond donors (Lipinski definition) is 0. The quantitative estimate of drug-likeness (QED) is 0.859. The van der Waals surface area contributed by atoms with Gasteiger partial charge >= 0.3 is 0 Å². The van der Waals surface area contributed by atoms with Crippen molar-refractivity contribution in [2.75, 3.05) is 6.54 Å². The van der Waals surface area contributed by atoms with E-state index in [4.69, 9.17) is 23.2 Å². The van der Waals surface area contributed by atoms with Crippen LogP contribution in [0.4, 0.5) is 0 Å². The molecule has 0 aliphatic carbocycles. The highest BCUT2D eigenvalue weighted by Gasteiger charge is 2.25. The van der Waals surface area contributed by atoms with E-state index in [-0.39, 0.29) is 28.5 Å². The first-order chi connectivity index (χ1) is 9.54. The fourth-order valence-corrected chi connectivity index (χ4v) is 2.80. The first-order valence-corrected chi connectivity index (χ1v) is 7.50. The Labute approximate surface area is 127 Å². The van der Waals surface area contributed by atoms with Gasteiger partial charge in [0.2, 0.25) is 5.91 Å². The lowest BCUT2D eigenvalue weighted by atomic mass is 10.00. The third-order valence-corrected chi connectivity index (χ3v) is 4.39. The predicted octanol–water partition coefficient (Wildman–Crippen LogP) is 2.34. The Balaban J connectivity index is 2.15. The summed E-state index contributed by atoms with van der Waals surface area (Å²) in [5.74, 6) is -0.0930. The molecule has 1 aromatic heterocycles. The largest absolute Gasteiger partial charge is 0.338 e. The Morgan fingerprint density at radius 2 is 2.20 bits per heavy atom. The minimum Gasteiger partial charge on any atom is -0.338 e. The van der Waals surface area contributed by atoms with Gasteiger partial charge in [-0.25, -0.2) is 4.68 Å². The number of hydrogen-bond acceptors (Lipinski definition) is 3. The van der Waals surface area contributed by atoms with Gasteiger partial charge in [-0.15, -0.1) is 0 Å². The van der Waals surface area contributed by atoms with Crippen LogP contribution in [0.2, 0.25) is 10.0 Å². The number of carbonyl (C=O) groups excluding carboxylic acids is 1. The Hall–Kier alpha value is -1.07. The van der Waals surface area contributed by atoms with E-state index in [1.807, 2.05) is 4.90 Å². The van der Waals surface area contributed by atoms with E-state index in [9.17, 15) is 9.59 Å². The monoisotopic (exact) mass is 317 g/mol. The smallest absolute Gasteiger partial charge is 0.287 e. The molecule has 110 valence electrons. The second-order valence-corrected chi connectivity index (χ2v) is 5.70. The van der Waals surface area contributed by atoms with Gasteiger partial charge in [0.1, 0.15) is 11.6 Å². The molecule has 0 bridgehead atoms. The maximum absolute atomic E-state index is 12.3. The minimum absolute atomic E-state index is 0.0910. The summed E-state index contributed by atoms with van der Waals surface area (Å²) >= 11 is 11.5. The second-order valence-electron chi connectivity index (χ2n) is 4.91. The maximum Gasteiger partial charge on any atom is 0.287 e. The van der Waals surface area contributed by atoms with Crippen molar-refractivity contribution in [2.45, 2.75) is 45.2 Å². The van der Waals surface area contributed by atoms with Gasteiger partial charge < -0.3 is 4.90 Å². The van der Waals surface area contributed by atoms with Gasteiger partial charge in [-0.1, -0.05) is 30.1 Å². The third kappa shape index (κ3) is 3.15. The normalized spacial score (nSPS) is 19.1. The number of amides is 1. The fourth-order valence-electron chi connectivity index (χ4n) is 2.53. The van der Waals surface area contributed by atoms with Crippen LogP contribution in [0.1, 0.15) is 32.6 Å². The molecule has 1 saturated heterocycles. The molecule has 1 aliphatic heterocycles. The molecule has 0 spiro atoms. The van der Waals surface area contributed by atoms with Gasteiger partial charge in [0.05, 0.1) is 11.2 Å². The molecule has 1 aliphatic rings. The average Bonchev–Trinajstić information content (AvgIpc) is 2.47. The van der Waals surface area contributed by atoms with Crippen LogP contribution in [0, 0.1) is 0 Å². The molecule has 0 N–H and O–H groups in total. The van der Waals surface area contributed by atoms with Crippen molar-refractivity contribution in [3.05, 3.63) is 26.6 Å². The van der Waals surface area contributed by atoms with Crippen molar-refractivity contribution < 1.29 is 4.79 Å². The number of nitrogens with zero attached hydrogens (tertiary/aromatic N) is 3. The van der Waals surface area contributed by atoms with E-state index in [1.165, 1.54) is 6.20 Å². The molecule has 1 amide bonds. The summed E-state index contributed by atoms with van der Waals surface area (Å²) in [4.78, 5) is 26.1. The first kappa shape index (κ1) is 15.3. The molecule has 1 unspecified atom stereocenters. The Bertz CT molecular complexity index is 559. The number of halogens is 2. The average molecular weight is 318 g/mol. The van der Waals surface area contributed by atoms with Crippen LogP contribution in [-0.2, 0) is 11.3 Å². The van der Waals surface area contributed by atoms with Crippen molar-refractivity contribution in [1.82, 2.24) is 14.7 Å². The highest BCUT2D eigenvalue weighted by Crippen LogP contribution is 2.20. The zero-order chi connectivity index (χ0) is 14.7. The van der Waals surface area contributed by atoms with E-state index in [0.717, 1.165) is 36.9 Å². The zero-order valence-electron chi connectivity index (χ0n) is 11.3. The predicted molar refractivity (Wildman–Crippen MR) is 78.2 cm³/mol. The molecule has 2 rings (SSSR count). The van der Waals surface area contributed by atoms with E-state index in [2.05, 4.69) is 12.0 Å². The van der Waals surface area contributed by atoms with Crippen molar-refractivity contribution in [3.8, 4) is 0 Å². The van der Waals surface area contributed by atoms with Gasteiger partial charge in [0, 0.05) is 12.6 Å². The fraction of sp³-hybridized carbons (Fsp3) is 0.615. The zero-order valence-corrected chi connectivity index (χ0v) is 12.8. The van der Waals surface area contributed by atoms with E-state index in [1.54, 1.807) is 0 Å². The Morgan fingerprint density at radius 3 is 2.90 bits per heavy atom. The SMILES string of the molecule is CCC1CCCCN1C(=O)Cn1ncc(Cl)c(Cl)c1=O. The number of rotatable bonds is 3. The van der Waals surface area contributed by atoms with Crippen LogP contribution in [0.15, 0.2) is 11.0 Å². The summed E-state index contributed by atoms with van der Waals surface area (Å²) < 4.78 is 1.07. The summed E-state index contributed by atoms with van der Waals surface area (Å²) in [5, 5.41) is 3.87. The summed E-state index contributed by atoms with van der Waals surface area (Å²) in [7, 11) is 0. The van der Waals surface area contributed by atoms with Crippen LogP contribution in [0.5, 0.6) is 0 Å². The van der Waals surface area contributed by atoms with Crippen LogP contribution in [0.3, 0.4) is 0 Å². The number of likely N-dealkylation sites (tertiary alicyclic amines) is 1. The van der Waals surface area contributed by atoms with Crippen LogP contribution in [0.25, 0.3) is 0 Å². The molecule has 2 heterocycles. The first-order valence-electron chi connectivity index (χ1n) is 6.75. The van der Waals surface area contributed by atoms with E-state index < -0.39 is 5.56 Å². The van der Waals surface area contributed by atoms with Gasteiger partial charge in [0.25, 0.3) is 5.56 Å². The molecular weight excluding hydrogens is 301 g/mol. The molecule has 1 atom stereocenters. The van der Waals surface area contributed by atoms with Gasteiger partial charge in [-0.05, 0) is 25.7 Å². The molecule has 0 radical (unpaired) electrons. The topological polar surface area (TPSA) is 55.2 Å². The number of carbonyl (C=O) groups is 1. The lowest BCUT2D eigenvalue weighted by molar-refractivity contribution is -0.135. The molecule has 1 aromatic rings. The lowest BCUT2D eigenvalue weighted by Crippen LogP contribution is -2.46. The summed E-state index contributed by atoms with van der Waals surface area (Å²) in [6.07, 6.45) is 5.38. The van der Waals surface area contributed by atoms with Crippen molar-refractivity contribution in [3.63, 3.8) is 0 Å². The van der Waals surface area contributed by atoms with Gasteiger partial charge in [0.15, 0.2) is 0 Å². The Morgan fingerprint density at radius 1 is 1.45 bits per heavy atom. The number of aromatic nitrogens is 2. The standard InChI is InChI=1S/C13H17Cl2N3O2/c1-2-9-5-3-4-6-17(9)11(19)8-18-13(20)12(15)10(14)7-16-18/h7,9H,2-6,8H2,1H3. The molecule has 7 heteroatoms. The van der Waals surface area contributed by atoms with Crippen molar-refractivity contribution in [1.29, 1.82) is 0 Å². The van der Waals surface area contributed by atoms with Crippen molar-refractivity contribution >= 4 is 29.1 Å². The Kier molecular flexibility index (Phi) is 5.05. The van der Waals surface area contributed by atoms with Gasteiger partial charge in [-0.3, -0.25) is 9.59 Å². The summed E-state index contributed by atoms with van der Waals surface area (Å²) in [6.45, 7) is 2.72. The third-order valence-electron chi connectivity index (χ3n) is 3.65. The van der Waals surface area contributed by atoms with E-state index >= 15 is 0 Å². The summed E-state index contributed by atoms with van der Waals surface area (Å²) in [6, 6.07) is 0.259. The minimum atomic E-state index is -0.530. The molecule has 1 fully saturated rings. The van der Waals surface area contributed by atoms with Crippen LogP contribution < -0.4 is 5.56 Å². The maximum atomic E-state index is 12.3.